The molecule has 0 N–H and O–H groups in total. The first-order chi connectivity index (χ1) is 11.7. The van der Waals surface area contributed by atoms with E-state index in [9.17, 15) is 4.79 Å². The average molecular weight is 352 g/mol. The van der Waals surface area contributed by atoms with Gasteiger partial charge >= 0.3 is 6.03 Å². The lowest BCUT2D eigenvalue weighted by molar-refractivity contribution is 0.0376. The molecule has 2 amide bonds. The van der Waals surface area contributed by atoms with Crippen molar-refractivity contribution in [3.63, 3.8) is 0 Å². The van der Waals surface area contributed by atoms with E-state index >= 15 is 0 Å². The molecular formula is C18H26ClN3O2. The predicted octanol–water partition coefficient (Wildman–Crippen LogP) is 2.34. The molecule has 3 rings (SSSR count). The summed E-state index contributed by atoms with van der Waals surface area (Å²) in [6, 6.07) is 8.28. The third-order valence-corrected chi connectivity index (χ3v) is 5.03. The van der Waals surface area contributed by atoms with Crippen molar-refractivity contribution in [2.45, 2.75) is 12.8 Å². The van der Waals surface area contributed by atoms with Crippen LogP contribution < -0.4 is 0 Å². The highest BCUT2D eigenvalue weighted by Crippen LogP contribution is 2.12. The quantitative estimate of drug-likeness (QED) is 0.835. The van der Waals surface area contributed by atoms with Crippen LogP contribution in [0.4, 0.5) is 4.79 Å². The van der Waals surface area contributed by atoms with Gasteiger partial charge in [-0.25, -0.2) is 4.79 Å². The molecule has 0 atom stereocenters. The fraction of sp³-hybridized carbons (Fsp3) is 0.611. The Balaban J connectivity index is 1.35. The number of rotatable bonds is 4. The van der Waals surface area contributed by atoms with Crippen LogP contribution in [0.25, 0.3) is 0 Å². The van der Waals surface area contributed by atoms with Crippen LogP contribution in [-0.2, 0) is 11.2 Å². The van der Waals surface area contributed by atoms with Gasteiger partial charge in [0.1, 0.15) is 0 Å². The van der Waals surface area contributed by atoms with Crippen LogP contribution >= 0.6 is 11.6 Å². The molecule has 6 heteroatoms. The number of carbonyl (C=O) groups excluding carboxylic acids is 1. The van der Waals surface area contributed by atoms with Crippen molar-refractivity contribution in [2.24, 2.45) is 0 Å². The fourth-order valence-electron chi connectivity index (χ4n) is 3.28. The van der Waals surface area contributed by atoms with Gasteiger partial charge in [0.25, 0.3) is 0 Å². The van der Waals surface area contributed by atoms with Gasteiger partial charge in [0.2, 0.25) is 0 Å². The molecule has 1 aromatic carbocycles. The van der Waals surface area contributed by atoms with Crippen molar-refractivity contribution in [1.29, 1.82) is 0 Å². The summed E-state index contributed by atoms with van der Waals surface area (Å²) in [7, 11) is 0. The smallest absolute Gasteiger partial charge is 0.320 e. The predicted molar refractivity (Wildman–Crippen MR) is 95.6 cm³/mol. The number of hydrogen-bond acceptors (Lipinski definition) is 3. The maximum atomic E-state index is 12.5. The van der Waals surface area contributed by atoms with E-state index in [0.717, 1.165) is 63.7 Å². The molecule has 2 fully saturated rings. The Hall–Kier alpha value is -1.30. The fourth-order valence-corrected chi connectivity index (χ4v) is 3.40. The van der Waals surface area contributed by atoms with Crippen molar-refractivity contribution in [3.8, 4) is 0 Å². The molecule has 0 unspecified atom stereocenters. The van der Waals surface area contributed by atoms with E-state index in [1.165, 1.54) is 5.56 Å². The number of benzene rings is 1. The molecule has 0 spiro atoms. The third-order valence-electron chi connectivity index (χ3n) is 4.78. The number of halogens is 1. The van der Waals surface area contributed by atoms with Crippen LogP contribution in [0, 0.1) is 0 Å². The van der Waals surface area contributed by atoms with Gasteiger partial charge in [0.15, 0.2) is 0 Å². The zero-order valence-corrected chi connectivity index (χ0v) is 14.9. The highest BCUT2D eigenvalue weighted by atomic mass is 35.5. The Bertz CT molecular complexity index is 524. The van der Waals surface area contributed by atoms with Crippen LogP contribution in [0.2, 0.25) is 5.02 Å². The Morgan fingerprint density at radius 1 is 0.958 bits per heavy atom. The van der Waals surface area contributed by atoms with Gasteiger partial charge in [-0.3, -0.25) is 4.90 Å². The highest BCUT2D eigenvalue weighted by Gasteiger charge is 2.26. The van der Waals surface area contributed by atoms with Gasteiger partial charge in [-0.1, -0.05) is 23.7 Å². The lowest BCUT2D eigenvalue weighted by atomic mass is 10.1. The number of hydrogen-bond donors (Lipinski definition) is 0. The monoisotopic (exact) mass is 351 g/mol. The van der Waals surface area contributed by atoms with E-state index in [-0.39, 0.29) is 6.03 Å². The summed E-state index contributed by atoms with van der Waals surface area (Å²) >= 11 is 5.91. The summed E-state index contributed by atoms with van der Waals surface area (Å²) in [4.78, 5) is 18.8. The van der Waals surface area contributed by atoms with E-state index in [1.54, 1.807) is 0 Å². The topological polar surface area (TPSA) is 36.0 Å². The first kappa shape index (κ1) is 17.5. The number of nitrogens with zero attached hydrogens (tertiary/aromatic N) is 3. The molecule has 0 aliphatic carbocycles. The molecule has 132 valence electrons. The number of piperazine rings is 1. The summed E-state index contributed by atoms with van der Waals surface area (Å²) in [5.74, 6) is 0. The maximum absolute atomic E-state index is 12.5. The minimum Gasteiger partial charge on any atom is -0.378 e. The number of aryl methyl sites for hydroxylation is 1. The molecule has 0 saturated carbocycles. The lowest BCUT2D eigenvalue weighted by Crippen LogP contribution is -2.54. The zero-order valence-electron chi connectivity index (χ0n) is 14.1. The summed E-state index contributed by atoms with van der Waals surface area (Å²) in [6.45, 7) is 7.46. The molecule has 0 aromatic heterocycles. The van der Waals surface area contributed by atoms with Crippen molar-refractivity contribution in [1.82, 2.24) is 14.7 Å². The minimum absolute atomic E-state index is 0.180. The first-order valence-corrected chi connectivity index (χ1v) is 9.18. The molecule has 0 radical (unpaired) electrons. The van der Waals surface area contributed by atoms with Crippen LogP contribution in [0.5, 0.6) is 0 Å². The van der Waals surface area contributed by atoms with Crippen LogP contribution in [-0.4, -0.2) is 79.8 Å². The second-order valence-electron chi connectivity index (χ2n) is 6.44. The largest absolute Gasteiger partial charge is 0.378 e. The number of morpholine rings is 1. The molecule has 5 nitrogen and oxygen atoms in total. The van der Waals surface area contributed by atoms with Gasteiger partial charge in [-0.2, -0.15) is 0 Å². The van der Waals surface area contributed by atoms with Crippen molar-refractivity contribution in [2.75, 3.05) is 59.0 Å². The van der Waals surface area contributed by atoms with Gasteiger partial charge < -0.3 is 14.5 Å². The van der Waals surface area contributed by atoms with Gasteiger partial charge in [-0.15, -0.1) is 0 Å². The van der Waals surface area contributed by atoms with Crippen LogP contribution in [0.3, 0.4) is 0 Å². The number of urea groups is 1. The van der Waals surface area contributed by atoms with E-state index in [2.05, 4.69) is 17.0 Å². The lowest BCUT2D eigenvalue weighted by Gasteiger charge is -2.38. The summed E-state index contributed by atoms with van der Waals surface area (Å²) in [6.07, 6.45) is 2.21. The average Bonchev–Trinajstić information content (AvgIpc) is 2.64. The summed E-state index contributed by atoms with van der Waals surface area (Å²) in [5.41, 5.74) is 1.33. The van der Waals surface area contributed by atoms with E-state index in [4.69, 9.17) is 16.3 Å². The summed E-state index contributed by atoms with van der Waals surface area (Å²) < 4.78 is 5.31. The Kier molecular flexibility index (Phi) is 6.35. The molecule has 24 heavy (non-hydrogen) atoms. The standard InChI is InChI=1S/C18H26ClN3O2/c19-17-5-3-16(4-6-17)2-1-7-20-8-10-21(11-9-20)18(23)22-12-14-24-15-13-22/h3-6H,1-2,7-15H2. The van der Waals surface area contributed by atoms with E-state index in [1.807, 2.05) is 21.9 Å². The molecule has 2 saturated heterocycles. The molecule has 2 aliphatic rings. The van der Waals surface area contributed by atoms with Gasteiger partial charge in [-0.05, 0) is 37.1 Å². The number of carbonyl (C=O) groups is 1. The summed E-state index contributed by atoms with van der Waals surface area (Å²) in [5, 5.41) is 0.791. The number of amides is 2. The zero-order chi connectivity index (χ0) is 16.8. The molecule has 2 aliphatic heterocycles. The van der Waals surface area contributed by atoms with Crippen LogP contribution in [0.1, 0.15) is 12.0 Å². The van der Waals surface area contributed by atoms with Crippen molar-refractivity contribution < 1.29 is 9.53 Å². The van der Waals surface area contributed by atoms with Crippen molar-refractivity contribution in [3.05, 3.63) is 34.9 Å². The highest BCUT2D eigenvalue weighted by molar-refractivity contribution is 6.30. The molecular weight excluding hydrogens is 326 g/mol. The Morgan fingerprint density at radius 3 is 2.25 bits per heavy atom. The molecule has 1 aromatic rings. The Morgan fingerprint density at radius 2 is 1.58 bits per heavy atom. The third kappa shape index (κ3) is 4.85. The second kappa shape index (κ2) is 8.70. The van der Waals surface area contributed by atoms with Gasteiger partial charge in [0.05, 0.1) is 13.2 Å². The molecule has 2 heterocycles. The Labute approximate surface area is 149 Å². The van der Waals surface area contributed by atoms with E-state index in [0.29, 0.717) is 13.2 Å². The maximum Gasteiger partial charge on any atom is 0.320 e. The first-order valence-electron chi connectivity index (χ1n) is 8.81. The second-order valence-corrected chi connectivity index (χ2v) is 6.88. The minimum atomic E-state index is 0.180. The normalized spacial score (nSPS) is 19.5. The van der Waals surface area contributed by atoms with Crippen molar-refractivity contribution >= 4 is 17.6 Å². The van der Waals surface area contributed by atoms with Gasteiger partial charge in [0, 0.05) is 44.3 Å². The number of ether oxygens (including phenoxy) is 1. The van der Waals surface area contributed by atoms with Crippen LogP contribution in [0.15, 0.2) is 24.3 Å². The molecule has 0 bridgehead atoms. The SMILES string of the molecule is O=C(N1CCOCC1)N1CCN(CCCc2ccc(Cl)cc2)CC1. The van der Waals surface area contributed by atoms with E-state index < -0.39 is 0 Å².